The molecule has 2 rings (SSSR count). The number of rotatable bonds is 5. The van der Waals surface area contributed by atoms with Crippen LogP contribution in [0.15, 0.2) is 31.0 Å². The molecule has 0 radical (unpaired) electrons. The van der Waals surface area contributed by atoms with Crippen molar-refractivity contribution in [1.29, 1.82) is 0 Å². The minimum atomic E-state index is 0.251. The van der Waals surface area contributed by atoms with Crippen LogP contribution < -0.4 is 4.90 Å². The third-order valence-electron chi connectivity index (χ3n) is 4.52. The lowest BCUT2D eigenvalue weighted by molar-refractivity contribution is 0.340. The Balaban J connectivity index is 2.47. The summed E-state index contributed by atoms with van der Waals surface area (Å²) in [6.07, 6.45) is 8.55. The molecule has 0 N–H and O–H groups in total. The molecule has 1 unspecified atom stereocenters. The number of hydrogen-bond acceptors (Lipinski definition) is 2. The Kier molecular flexibility index (Phi) is 4.28. The topological polar surface area (TPSA) is 16.1 Å². The van der Waals surface area contributed by atoms with E-state index in [1.807, 2.05) is 6.20 Å². The molecule has 0 aliphatic carbocycles. The maximum atomic E-state index is 4.69. The van der Waals surface area contributed by atoms with Gasteiger partial charge in [0.2, 0.25) is 0 Å². The van der Waals surface area contributed by atoms with Crippen molar-refractivity contribution < 1.29 is 0 Å². The van der Waals surface area contributed by atoms with Crippen LogP contribution in [-0.4, -0.2) is 17.6 Å². The first kappa shape index (κ1) is 14.1. The highest BCUT2D eigenvalue weighted by Gasteiger charge is 2.39. The van der Waals surface area contributed by atoms with Crippen LogP contribution in [0, 0.1) is 0 Å². The molecule has 0 bridgehead atoms. The van der Waals surface area contributed by atoms with E-state index in [4.69, 9.17) is 0 Å². The summed E-state index contributed by atoms with van der Waals surface area (Å²) in [5, 5.41) is 0. The van der Waals surface area contributed by atoms with E-state index < -0.39 is 0 Å². The monoisotopic (exact) mass is 258 g/mol. The molecular weight excluding hydrogens is 232 g/mol. The summed E-state index contributed by atoms with van der Waals surface area (Å²) in [6, 6.07) is 4.88. The summed E-state index contributed by atoms with van der Waals surface area (Å²) in [5.74, 6) is 1.20. The number of pyridine rings is 1. The molecule has 0 fully saturated rings. The quantitative estimate of drug-likeness (QED) is 0.731. The van der Waals surface area contributed by atoms with E-state index >= 15 is 0 Å². The van der Waals surface area contributed by atoms with E-state index in [9.17, 15) is 0 Å². The van der Waals surface area contributed by atoms with Gasteiger partial charge in [-0.3, -0.25) is 0 Å². The van der Waals surface area contributed by atoms with Gasteiger partial charge in [-0.15, -0.1) is 6.58 Å². The Labute approximate surface area is 117 Å². The average molecular weight is 258 g/mol. The van der Waals surface area contributed by atoms with Crippen molar-refractivity contribution in [3.05, 3.63) is 36.5 Å². The minimum Gasteiger partial charge on any atom is -0.353 e. The molecule has 0 amide bonds. The molecular formula is C17H26N2. The summed E-state index contributed by atoms with van der Waals surface area (Å²) in [6.45, 7) is 11.9. The molecule has 1 aliphatic heterocycles. The number of nitrogens with zero attached hydrogens (tertiary/aromatic N) is 2. The standard InChI is InChI=1S/C17H26N2/c1-5-9-14-13-17(4,7-3)15-10-8-11-18-16(15)19(14)12-6-2/h5,8,10-11,14H,1,6-7,9,12-13H2,2-4H3/t14-,17?/m1/s1. The normalized spacial score (nSPS) is 26.1. The van der Waals surface area contributed by atoms with Gasteiger partial charge in [0.25, 0.3) is 0 Å². The van der Waals surface area contributed by atoms with Gasteiger partial charge < -0.3 is 4.90 Å². The summed E-state index contributed by atoms with van der Waals surface area (Å²) >= 11 is 0. The third kappa shape index (κ3) is 2.54. The minimum absolute atomic E-state index is 0.251. The molecule has 1 aliphatic rings. The lowest BCUT2D eigenvalue weighted by Gasteiger charge is -2.46. The van der Waals surface area contributed by atoms with Crippen LogP contribution in [0.4, 0.5) is 5.82 Å². The molecule has 19 heavy (non-hydrogen) atoms. The van der Waals surface area contributed by atoms with Gasteiger partial charge in [-0.1, -0.05) is 32.9 Å². The SMILES string of the molecule is C=CC[C@@H]1CC(C)(CC)c2cccnc2N1CCC. The van der Waals surface area contributed by atoms with Gasteiger partial charge >= 0.3 is 0 Å². The van der Waals surface area contributed by atoms with Gasteiger partial charge in [0.1, 0.15) is 5.82 Å². The summed E-state index contributed by atoms with van der Waals surface area (Å²) in [4.78, 5) is 7.18. The van der Waals surface area contributed by atoms with E-state index in [0.29, 0.717) is 6.04 Å². The van der Waals surface area contributed by atoms with Gasteiger partial charge in [-0.05, 0) is 37.2 Å². The first-order valence-electron chi connectivity index (χ1n) is 7.49. The van der Waals surface area contributed by atoms with E-state index in [2.05, 4.69) is 55.4 Å². The Hall–Kier alpha value is -1.31. The fourth-order valence-electron chi connectivity index (χ4n) is 3.28. The summed E-state index contributed by atoms with van der Waals surface area (Å²) in [7, 11) is 0. The Morgan fingerprint density at radius 3 is 2.95 bits per heavy atom. The van der Waals surface area contributed by atoms with E-state index in [1.54, 1.807) is 0 Å². The van der Waals surface area contributed by atoms with Crippen LogP contribution in [0.25, 0.3) is 0 Å². The highest BCUT2D eigenvalue weighted by atomic mass is 15.2. The Morgan fingerprint density at radius 2 is 2.32 bits per heavy atom. The summed E-state index contributed by atoms with van der Waals surface area (Å²) < 4.78 is 0. The highest BCUT2D eigenvalue weighted by molar-refractivity contribution is 5.54. The van der Waals surface area contributed by atoms with Gasteiger partial charge in [-0.2, -0.15) is 0 Å². The molecule has 104 valence electrons. The maximum absolute atomic E-state index is 4.69. The van der Waals surface area contributed by atoms with Crippen molar-refractivity contribution in [2.75, 3.05) is 11.4 Å². The lowest BCUT2D eigenvalue weighted by Crippen LogP contribution is -2.46. The van der Waals surface area contributed by atoms with E-state index in [-0.39, 0.29) is 5.41 Å². The zero-order valence-corrected chi connectivity index (χ0v) is 12.5. The fraction of sp³-hybridized carbons (Fsp3) is 0.588. The van der Waals surface area contributed by atoms with E-state index in [1.165, 1.54) is 24.2 Å². The van der Waals surface area contributed by atoms with Crippen molar-refractivity contribution in [1.82, 2.24) is 4.98 Å². The Morgan fingerprint density at radius 1 is 1.53 bits per heavy atom. The van der Waals surface area contributed by atoms with Gasteiger partial charge in [0, 0.05) is 24.3 Å². The van der Waals surface area contributed by atoms with Crippen LogP contribution in [-0.2, 0) is 5.41 Å². The van der Waals surface area contributed by atoms with Crippen LogP contribution in [0.1, 0.15) is 52.0 Å². The number of aromatic nitrogens is 1. The van der Waals surface area contributed by atoms with Crippen molar-refractivity contribution in [2.24, 2.45) is 0 Å². The van der Waals surface area contributed by atoms with Crippen LogP contribution in [0.3, 0.4) is 0 Å². The smallest absolute Gasteiger partial charge is 0.132 e. The lowest BCUT2D eigenvalue weighted by atomic mass is 9.71. The first-order valence-corrected chi connectivity index (χ1v) is 7.49. The number of hydrogen-bond donors (Lipinski definition) is 0. The average Bonchev–Trinajstić information content (AvgIpc) is 2.43. The van der Waals surface area contributed by atoms with Crippen molar-refractivity contribution >= 4 is 5.82 Å². The fourth-order valence-corrected chi connectivity index (χ4v) is 3.28. The van der Waals surface area contributed by atoms with Crippen molar-refractivity contribution in [3.63, 3.8) is 0 Å². The first-order chi connectivity index (χ1) is 9.16. The predicted molar refractivity (Wildman–Crippen MR) is 82.7 cm³/mol. The van der Waals surface area contributed by atoms with Crippen molar-refractivity contribution in [2.45, 2.75) is 57.9 Å². The van der Waals surface area contributed by atoms with Crippen LogP contribution in [0.2, 0.25) is 0 Å². The summed E-state index contributed by atoms with van der Waals surface area (Å²) in [5.41, 5.74) is 1.67. The Bertz CT molecular complexity index is 441. The maximum Gasteiger partial charge on any atom is 0.132 e. The third-order valence-corrected chi connectivity index (χ3v) is 4.52. The second kappa shape index (κ2) is 5.77. The highest BCUT2D eigenvalue weighted by Crippen LogP contribution is 2.44. The van der Waals surface area contributed by atoms with Gasteiger partial charge in [-0.25, -0.2) is 4.98 Å². The van der Waals surface area contributed by atoms with Gasteiger partial charge in [0.15, 0.2) is 0 Å². The molecule has 2 atom stereocenters. The molecule has 0 saturated heterocycles. The van der Waals surface area contributed by atoms with Crippen LogP contribution in [0.5, 0.6) is 0 Å². The second-order valence-electron chi connectivity index (χ2n) is 5.86. The molecule has 1 aromatic heterocycles. The molecule has 0 saturated carbocycles. The predicted octanol–water partition coefficient (Wildman–Crippen LogP) is 4.31. The molecule has 0 aromatic carbocycles. The molecule has 1 aromatic rings. The zero-order valence-electron chi connectivity index (χ0n) is 12.5. The number of fused-ring (bicyclic) bond motifs is 1. The largest absolute Gasteiger partial charge is 0.353 e. The second-order valence-corrected chi connectivity index (χ2v) is 5.86. The van der Waals surface area contributed by atoms with E-state index in [0.717, 1.165) is 19.4 Å². The zero-order chi connectivity index (χ0) is 13.9. The molecule has 2 heterocycles. The molecule has 2 heteroatoms. The molecule has 0 spiro atoms. The van der Waals surface area contributed by atoms with Gasteiger partial charge in [0.05, 0.1) is 0 Å². The number of anilines is 1. The van der Waals surface area contributed by atoms with Crippen LogP contribution >= 0.6 is 0 Å². The van der Waals surface area contributed by atoms with Crippen molar-refractivity contribution in [3.8, 4) is 0 Å². The molecule has 2 nitrogen and oxygen atoms in total.